The molecule has 0 spiro atoms. The van der Waals surface area contributed by atoms with Crippen molar-refractivity contribution in [1.29, 1.82) is 0 Å². The van der Waals surface area contributed by atoms with Crippen LogP contribution in [0.2, 0.25) is 0 Å². The maximum Gasteiger partial charge on any atom is 0.255 e. The second-order valence-electron chi connectivity index (χ2n) is 4.59. The third kappa shape index (κ3) is 3.03. The molecule has 4 nitrogen and oxygen atoms in total. The standard InChI is InChI=1S/C16H15NO3/c1-10-8-13(6-7-15(10)19)16(20)17-14-5-3-4-12(9-14)11(2)18/h3-9,19H,1-2H3,(H,17,20). The van der Waals surface area contributed by atoms with Gasteiger partial charge in [0.1, 0.15) is 5.75 Å². The predicted octanol–water partition coefficient (Wildman–Crippen LogP) is 3.16. The van der Waals surface area contributed by atoms with Crippen molar-refractivity contribution in [2.45, 2.75) is 13.8 Å². The van der Waals surface area contributed by atoms with Gasteiger partial charge < -0.3 is 10.4 Å². The van der Waals surface area contributed by atoms with E-state index in [4.69, 9.17) is 0 Å². The number of aryl methyl sites for hydroxylation is 1. The fraction of sp³-hybridized carbons (Fsp3) is 0.125. The lowest BCUT2D eigenvalue weighted by molar-refractivity contribution is 0.101. The summed E-state index contributed by atoms with van der Waals surface area (Å²) < 4.78 is 0. The first-order valence-corrected chi connectivity index (χ1v) is 6.19. The van der Waals surface area contributed by atoms with Crippen LogP contribution in [0, 0.1) is 6.92 Å². The average molecular weight is 269 g/mol. The van der Waals surface area contributed by atoms with E-state index < -0.39 is 0 Å². The highest BCUT2D eigenvalue weighted by Gasteiger charge is 2.09. The van der Waals surface area contributed by atoms with E-state index in [-0.39, 0.29) is 17.4 Å². The van der Waals surface area contributed by atoms with Crippen LogP contribution in [-0.4, -0.2) is 16.8 Å². The fourth-order valence-corrected chi connectivity index (χ4v) is 1.82. The molecule has 0 saturated heterocycles. The molecule has 4 heteroatoms. The van der Waals surface area contributed by atoms with E-state index in [1.165, 1.54) is 13.0 Å². The summed E-state index contributed by atoms with van der Waals surface area (Å²) in [7, 11) is 0. The number of Topliss-reactive ketones (excluding diaryl/α,β-unsaturated/α-hetero) is 1. The number of nitrogens with one attached hydrogen (secondary N) is 1. The highest BCUT2D eigenvalue weighted by Crippen LogP contribution is 2.18. The number of aromatic hydroxyl groups is 1. The molecule has 0 saturated carbocycles. The molecule has 0 radical (unpaired) electrons. The molecule has 2 aromatic carbocycles. The van der Waals surface area contributed by atoms with Crippen molar-refractivity contribution in [3.63, 3.8) is 0 Å². The van der Waals surface area contributed by atoms with Gasteiger partial charge in [0.25, 0.3) is 5.91 Å². The lowest BCUT2D eigenvalue weighted by Gasteiger charge is -2.07. The number of phenols is 1. The normalized spacial score (nSPS) is 10.1. The number of ketones is 1. The smallest absolute Gasteiger partial charge is 0.255 e. The first-order valence-electron chi connectivity index (χ1n) is 6.19. The molecule has 0 atom stereocenters. The number of hydrogen-bond donors (Lipinski definition) is 2. The Bertz CT molecular complexity index is 677. The summed E-state index contributed by atoms with van der Waals surface area (Å²) in [4.78, 5) is 23.4. The van der Waals surface area contributed by atoms with Crippen molar-refractivity contribution < 1.29 is 14.7 Å². The van der Waals surface area contributed by atoms with E-state index in [1.807, 2.05) is 0 Å². The molecular formula is C16H15NO3. The Morgan fingerprint density at radius 1 is 1.05 bits per heavy atom. The Morgan fingerprint density at radius 3 is 2.45 bits per heavy atom. The zero-order valence-corrected chi connectivity index (χ0v) is 11.3. The van der Waals surface area contributed by atoms with Gasteiger partial charge in [-0.05, 0) is 49.7 Å². The quantitative estimate of drug-likeness (QED) is 0.841. The van der Waals surface area contributed by atoms with E-state index in [9.17, 15) is 14.7 Å². The number of phenolic OH excluding ortho intramolecular Hbond substituents is 1. The second kappa shape index (κ2) is 5.57. The number of hydrogen-bond acceptors (Lipinski definition) is 3. The third-order valence-corrected chi connectivity index (χ3v) is 2.99. The molecular weight excluding hydrogens is 254 g/mol. The lowest BCUT2D eigenvalue weighted by Crippen LogP contribution is -2.12. The maximum absolute atomic E-state index is 12.1. The highest BCUT2D eigenvalue weighted by atomic mass is 16.3. The van der Waals surface area contributed by atoms with Gasteiger partial charge in [0.2, 0.25) is 0 Å². The van der Waals surface area contributed by atoms with E-state index >= 15 is 0 Å². The van der Waals surface area contributed by atoms with Crippen LogP contribution in [0.25, 0.3) is 0 Å². The number of rotatable bonds is 3. The lowest BCUT2D eigenvalue weighted by atomic mass is 10.1. The summed E-state index contributed by atoms with van der Waals surface area (Å²) in [6.45, 7) is 3.20. The third-order valence-electron chi connectivity index (χ3n) is 2.99. The van der Waals surface area contributed by atoms with Crippen molar-refractivity contribution in [3.05, 3.63) is 59.2 Å². The summed E-state index contributed by atoms with van der Waals surface area (Å²) in [6, 6.07) is 11.4. The summed E-state index contributed by atoms with van der Waals surface area (Å²) >= 11 is 0. The van der Waals surface area contributed by atoms with Crippen LogP contribution >= 0.6 is 0 Å². The van der Waals surface area contributed by atoms with Gasteiger partial charge in [-0.1, -0.05) is 12.1 Å². The number of carbonyl (C=O) groups excluding carboxylic acids is 2. The SMILES string of the molecule is CC(=O)c1cccc(NC(=O)c2ccc(O)c(C)c2)c1. The van der Waals surface area contributed by atoms with Crippen LogP contribution in [0.15, 0.2) is 42.5 Å². The first-order chi connectivity index (χ1) is 9.47. The van der Waals surface area contributed by atoms with Crippen molar-refractivity contribution in [3.8, 4) is 5.75 Å². The predicted molar refractivity (Wildman–Crippen MR) is 77.2 cm³/mol. The van der Waals surface area contributed by atoms with Crippen molar-refractivity contribution in [1.82, 2.24) is 0 Å². The minimum atomic E-state index is -0.284. The average Bonchev–Trinajstić information content (AvgIpc) is 2.42. The fourth-order valence-electron chi connectivity index (χ4n) is 1.82. The summed E-state index contributed by atoms with van der Waals surface area (Å²) in [5, 5.41) is 12.2. The Morgan fingerprint density at radius 2 is 1.80 bits per heavy atom. The van der Waals surface area contributed by atoms with E-state index in [0.717, 1.165) is 0 Å². The maximum atomic E-state index is 12.1. The van der Waals surface area contributed by atoms with Gasteiger partial charge >= 0.3 is 0 Å². The van der Waals surface area contributed by atoms with Gasteiger partial charge in [0.05, 0.1) is 0 Å². The van der Waals surface area contributed by atoms with Gasteiger partial charge in [-0.25, -0.2) is 0 Å². The van der Waals surface area contributed by atoms with Crippen molar-refractivity contribution >= 4 is 17.4 Å². The number of benzene rings is 2. The van der Waals surface area contributed by atoms with Crippen LogP contribution < -0.4 is 5.32 Å². The van der Waals surface area contributed by atoms with Crippen molar-refractivity contribution in [2.24, 2.45) is 0 Å². The zero-order chi connectivity index (χ0) is 14.7. The molecule has 1 amide bonds. The zero-order valence-electron chi connectivity index (χ0n) is 11.3. The molecule has 0 unspecified atom stereocenters. The minimum absolute atomic E-state index is 0.0541. The van der Waals surface area contributed by atoms with Crippen molar-refractivity contribution in [2.75, 3.05) is 5.32 Å². The van der Waals surface area contributed by atoms with E-state index in [1.54, 1.807) is 43.3 Å². The minimum Gasteiger partial charge on any atom is -0.508 e. The topological polar surface area (TPSA) is 66.4 Å². The Hall–Kier alpha value is -2.62. The van der Waals surface area contributed by atoms with Gasteiger partial charge in [-0.3, -0.25) is 9.59 Å². The van der Waals surface area contributed by atoms with Crippen LogP contribution in [0.4, 0.5) is 5.69 Å². The van der Waals surface area contributed by atoms with Crippen LogP contribution in [0.5, 0.6) is 5.75 Å². The van der Waals surface area contributed by atoms with E-state index in [2.05, 4.69) is 5.32 Å². The van der Waals surface area contributed by atoms with Crippen LogP contribution in [0.1, 0.15) is 33.2 Å². The summed E-state index contributed by atoms with van der Waals surface area (Å²) in [6.07, 6.45) is 0. The molecule has 0 aromatic heterocycles. The molecule has 0 bridgehead atoms. The molecule has 2 N–H and O–H groups in total. The largest absolute Gasteiger partial charge is 0.508 e. The first kappa shape index (κ1) is 13.8. The van der Waals surface area contributed by atoms with E-state index in [0.29, 0.717) is 22.4 Å². The van der Waals surface area contributed by atoms with Crippen LogP contribution in [-0.2, 0) is 0 Å². The van der Waals surface area contributed by atoms with Crippen LogP contribution in [0.3, 0.4) is 0 Å². The highest BCUT2D eigenvalue weighted by molar-refractivity contribution is 6.05. The van der Waals surface area contributed by atoms with Gasteiger partial charge in [-0.15, -0.1) is 0 Å². The molecule has 0 heterocycles. The Balaban J connectivity index is 2.21. The molecule has 2 rings (SSSR count). The number of anilines is 1. The molecule has 2 aromatic rings. The van der Waals surface area contributed by atoms with Gasteiger partial charge in [0, 0.05) is 16.8 Å². The molecule has 0 aliphatic heterocycles. The molecule has 0 aliphatic carbocycles. The van der Waals surface area contributed by atoms with Gasteiger partial charge in [0.15, 0.2) is 5.78 Å². The molecule has 0 fully saturated rings. The van der Waals surface area contributed by atoms with Gasteiger partial charge in [-0.2, -0.15) is 0 Å². The Labute approximate surface area is 117 Å². The number of amides is 1. The number of carbonyl (C=O) groups is 2. The molecule has 20 heavy (non-hydrogen) atoms. The molecule has 0 aliphatic rings. The molecule has 102 valence electrons. The summed E-state index contributed by atoms with van der Waals surface area (Å²) in [5.41, 5.74) is 2.20. The Kier molecular flexibility index (Phi) is 3.84. The monoisotopic (exact) mass is 269 g/mol. The second-order valence-corrected chi connectivity index (χ2v) is 4.59. The summed E-state index contributed by atoms with van der Waals surface area (Å²) in [5.74, 6) is -0.185.